The fraction of sp³-hybridized carbons (Fsp3) is 0.533. The highest BCUT2D eigenvalue weighted by Gasteiger charge is 2.18. The number of benzene rings is 1. The number of rotatable bonds is 6. The molecule has 1 aromatic carbocycles. The lowest BCUT2D eigenvalue weighted by atomic mass is 10.1. The highest BCUT2D eigenvalue weighted by molar-refractivity contribution is 9.10. The summed E-state index contributed by atoms with van der Waals surface area (Å²) >= 11 is 3.41. The number of amides is 1. The SMILES string of the molecule is CCC(C)NC(=O)C(C)Oc1ccc(Br)cc1[C@@H](C)N. The summed E-state index contributed by atoms with van der Waals surface area (Å²) in [6.07, 6.45) is 0.338. The molecule has 0 fully saturated rings. The van der Waals surface area contributed by atoms with Gasteiger partial charge in [0.05, 0.1) is 0 Å². The first-order chi connectivity index (χ1) is 9.35. The smallest absolute Gasteiger partial charge is 0.260 e. The quantitative estimate of drug-likeness (QED) is 0.834. The second-order valence-corrected chi connectivity index (χ2v) is 5.96. The van der Waals surface area contributed by atoms with E-state index in [1.54, 1.807) is 6.92 Å². The van der Waals surface area contributed by atoms with E-state index in [1.807, 2.05) is 39.0 Å². The molecule has 1 aromatic rings. The van der Waals surface area contributed by atoms with Gasteiger partial charge in [0.1, 0.15) is 5.75 Å². The molecule has 112 valence electrons. The highest BCUT2D eigenvalue weighted by Crippen LogP contribution is 2.28. The zero-order valence-corrected chi connectivity index (χ0v) is 14.0. The Morgan fingerprint density at radius 1 is 1.40 bits per heavy atom. The van der Waals surface area contributed by atoms with E-state index < -0.39 is 6.10 Å². The molecule has 0 radical (unpaired) electrons. The van der Waals surface area contributed by atoms with Crippen LogP contribution in [0.25, 0.3) is 0 Å². The Morgan fingerprint density at radius 3 is 2.60 bits per heavy atom. The Labute approximate surface area is 129 Å². The first-order valence-electron chi connectivity index (χ1n) is 6.87. The zero-order valence-electron chi connectivity index (χ0n) is 12.4. The average Bonchev–Trinajstić information content (AvgIpc) is 2.40. The topological polar surface area (TPSA) is 64.3 Å². The van der Waals surface area contributed by atoms with Gasteiger partial charge in [-0.15, -0.1) is 0 Å². The van der Waals surface area contributed by atoms with Crippen LogP contribution in [0, 0.1) is 0 Å². The monoisotopic (exact) mass is 342 g/mol. The van der Waals surface area contributed by atoms with Crippen molar-refractivity contribution in [2.75, 3.05) is 0 Å². The molecule has 2 unspecified atom stereocenters. The maximum Gasteiger partial charge on any atom is 0.260 e. The predicted molar refractivity (Wildman–Crippen MR) is 84.7 cm³/mol. The van der Waals surface area contributed by atoms with Crippen LogP contribution in [0.15, 0.2) is 22.7 Å². The Hall–Kier alpha value is -1.07. The minimum atomic E-state index is -0.553. The van der Waals surface area contributed by atoms with Crippen LogP contribution in [0.2, 0.25) is 0 Å². The molecule has 4 nitrogen and oxygen atoms in total. The Morgan fingerprint density at radius 2 is 2.05 bits per heavy atom. The number of halogens is 1. The first kappa shape index (κ1) is 17.0. The van der Waals surface area contributed by atoms with Gasteiger partial charge in [0, 0.05) is 22.1 Å². The minimum absolute atomic E-state index is 0.113. The van der Waals surface area contributed by atoms with Crippen LogP contribution >= 0.6 is 15.9 Å². The number of nitrogens with two attached hydrogens (primary N) is 1. The molecular weight excluding hydrogens is 320 g/mol. The summed E-state index contributed by atoms with van der Waals surface area (Å²) in [4.78, 5) is 12.0. The number of nitrogens with one attached hydrogen (secondary N) is 1. The highest BCUT2D eigenvalue weighted by atomic mass is 79.9. The van der Waals surface area contributed by atoms with Crippen molar-refractivity contribution in [3.05, 3.63) is 28.2 Å². The molecule has 5 heteroatoms. The van der Waals surface area contributed by atoms with Crippen LogP contribution in [0.5, 0.6) is 5.75 Å². The van der Waals surface area contributed by atoms with E-state index in [0.29, 0.717) is 5.75 Å². The van der Waals surface area contributed by atoms with E-state index in [2.05, 4.69) is 21.2 Å². The summed E-state index contributed by atoms with van der Waals surface area (Å²) < 4.78 is 6.69. The number of ether oxygens (including phenoxy) is 1. The van der Waals surface area contributed by atoms with Crippen LogP contribution in [0.3, 0.4) is 0 Å². The van der Waals surface area contributed by atoms with Gasteiger partial charge in [-0.1, -0.05) is 22.9 Å². The summed E-state index contributed by atoms with van der Waals surface area (Å²) in [6.45, 7) is 7.63. The third-order valence-electron chi connectivity index (χ3n) is 3.14. The van der Waals surface area contributed by atoms with Gasteiger partial charge in [0.25, 0.3) is 5.91 Å². The van der Waals surface area contributed by atoms with Gasteiger partial charge in [0.15, 0.2) is 6.10 Å². The molecule has 1 amide bonds. The fourth-order valence-corrected chi connectivity index (χ4v) is 2.07. The minimum Gasteiger partial charge on any atom is -0.481 e. The van der Waals surface area contributed by atoms with Gasteiger partial charge in [0.2, 0.25) is 0 Å². The van der Waals surface area contributed by atoms with Crippen LogP contribution in [-0.4, -0.2) is 18.1 Å². The largest absolute Gasteiger partial charge is 0.481 e. The van der Waals surface area contributed by atoms with Crippen molar-refractivity contribution in [1.29, 1.82) is 0 Å². The van der Waals surface area contributed by atoms with E-state index in [4.69, 9.17) is 10.5 Å². The third kappa shape index (κ3) is 4.80. The Bertz CT molecular complexity index is 463. The Balaban J connectivity index is 2.80. The standard InChI is InChI=1S/C15H23BrN2O2/c1-5-9(2)18-15(19)11(4)20-14-7-6-12(16)8-13(14)10(3)17/h6-11H,5,17H2,1-4H3,(H,18,19)/t9?,10-,11?/m1/s1. The first-order valence-corrected chi connectivity index (χ1v) is 7.66. The summed E-state index contributed by atoms with van der Waals surface area (Å²) in [7, 11) is 0. The average molecular weight is 343 g/mol. The molecule has 0 saturated heterocycles. The number of carbonyl (C=O) groups is 1. The van der Waals surface area contributed by atoms with E-state index in [9.17, 15) is 4.79 Å². The molecule has 0 aliphatic carbocycles. The Kier molecular flexibility index (Phi) is 6.49. The molecule has 3 N–H and O–H groups in total. The van der Waals surface area contributed by atoms with Gasteiger partial charge in [-0.25, -0.2) is 0 Å². The molecule has 0 bridgehead atoms. The van der Waals surface area contributed by atoms with Crippen molar-refractivity contribution in [3.8, 4) is 5.75 Å². The fourth-order valence-electron chi connectivity index (χ4n) is 1.69. The van der Waals surface area contributed by atoms with Crippen molar-refractivity contribution < 1.29 is 9.53 Å². The lowest BCUT2D eigenvalue weighted by molar-refractivity contribution is -0.127. The van der Waals surface area contributed by atoms with Crippen molar-refractivity contribution in [3.63, 3.8) is 0 Å². The lowest BCUT2D eigenvalue weighted by Crippen LogP contribution is -2.41. The van der Waals surface area contributed by atoms with Gasteiger partial charge in [-0.05, 0) is 45.4 Å². The van der Waals surface area contributed by atoms with Gasteiger partial charge in [-0.2, -0.15) is 0 Å². The summed E-state index contributed by atoms with van der Waals surface area (Å²) in [5.41, 5.74) is 6.81. The zero-order chi connectivity index (χ0) is 15.3. The van der Waals surface area contributed by atoms with E-state index >= 15 is 0 Å². The van der Waals surface area contributed by atoms with Gasteiger partial charge < -0.3 is 15.8 Å². The van der Waals surface area contributed by atoms with Crippen molar-refractivity contribution in [2.24, 2.45) is 5.73 Å². The van der Waals surface area contributed by atoms with Gasteiger partial charge >= 0.3 is 0 Å². The van der Waals surface area contributed by atoms with Crippen molar-refractivity contribution >= 4 is 21.8 Å². The number of hydrogen-bond acceptors (Lipinski definition) is 3. The molecule has 1 rings (SSSR count). The van der Waals surface area contributed by atoms with Crippen molar-refractivity contribution in [1.82, 2.24) is 5.32 Å². The number of carbonyl (C=O) groups excluding carboxylic acids is 1. The second kappa shape index (κ2) is 7.64. The van der Waals surface area contributed by atoms with E-state index in [1.165, 1.54) is 0 Å². The normalized spacial score (nSPS) is 15.3. The second-order valence-electron chi connectivity index (χ2n) is 5.05. The molecular formula is C15H23BrN2O2. The summed E-state index contributed by atoms with van der Waals surface area (Å²) in [5.74, 6) is 0.535. The van der Waals surface area contributed by atoms with Crippen LogP contribution in [0.1, 0.15) is 45.7 Å². The third-order valence-corrected chi connectivity index (χ3v) is 3.63. The van der Waals surface area contributed by atoms with Crippen LogP contribution in [-0.2, 0) is 4.79 Å². The van der Waals surface area contributed by atoms with Gasteiger partial charge in [-0.3, -0.25) is 4.79 Å². The van der Waals surface area contributed by atoms with Crippen molar-refractivity contribution in [2.45, 2.75) is 52.3 Å². The maximum atomic E-state index is 12.0. The molecule has 0 aromatic heterocycles. The molecule has 20 heavy (non-hydrogen) atoms. The van der Waals surface area contributed by atoms with Crippen LogP contribution in [0.4, 0.5) is 0 Å². The molecule has 0 spiro atoms. The predicted octanol–water partition coefficient (Wildman–Crippen LogP) is 3.15. The van der Waals surface area contributed by atoms with E-state index in [-0.39, 0.29) is 18.0 Å². The molecule has 0 heterocycles. The summed E-state index contributed by atoms with van der Waals surface area (Å²) in [6, 6.07) is 5.61. The van der Waals surface area contributed by atoms with E-state index in [0.717, 1.165) is 16.5 Å². The summed E-state index contributed by atoms with van der Waals surface area (Å²) in [5, 5.41) is 2.91. The molecule has 0 aliphatic rings. The maximum absolute atomic E-state index is 12.0. The lowest BCUT2D eigenvalue weighted by Gasteiger charge is -2.20. The molecule has 0 saturated carbocycles. The molecule has 3 atom stereocenters. The number of hydrogen-bond donors (Lipinski definition) is 2. The molecule has 0 aliphatic heterocycles. The van der Waals surface area contributed by atoms with Crippen LogP contribution < -0.4 is 15.8 Å².